The van der Waals surface area contributed by atoms with Crippen molar-refractivity contribution in [1.29, 1.82) is 0 Å². The molecule has 0 aromatic heterocycles. The average Bonchev–Trinajstić information content (AvgIpc) is 2.56. The maximum absolute atomic E-state index is 3.72. The summed E-state index contributed by atoms with van der Waals surface area (Å²) in [5.41, 5.74) is 4.00. The van der Waals surface area contributed by atoms with Crippen LogP contribution in [0.5, 0.6) is 0 Å². The first-order valence-electron chi connectivity index (χ1n) is 6.80. The second-order valence-corrected chi connectivity index (χ2v) is 5.83. The van der Waals surface area contributed by atoms with Crippen LogP contribution >= 0.6 is 0 Å². The van der Waals surface area contributed by atoms with E-state index in [1.54, 1.807) is 0 Å². The lowest BCUT2D eigenvalue weighted by Crippen LogP contribution is -2.43. The lowest BCUT2D eigenvalue weighted by molar-refractivity contribution is 0.378. The second kappa shape index (κ2) is 4.34. The van der Waals surface area contributed by atoms with Crippen LogP contribution in [0.25, 0.3) is 0 Å². The Hall–Kier alpha value is -1.02. The van der Waals surface area contributed by atoms with Gasteiger partial charge < -0.3 is 10.6 Å². The van der Waals surface area contributed by atoms with Gasteiger partial charge in [0, 0.05) is 23.8 Å². The summed E-state index contributed by atoms with van der Waals surface area (Å²) in [6.45, 7) is 4.34. The van der Waals surface area contributed by atoms with Crippen molar-refractivity contribution in [3.8, 4) is 0 Å². The standard InChI is InChI=1S/C15H22N2/c1-10-5-11(2)7-14(6-10)17-15-8-12-3-4-13(9-15)16-12/h5-7,12-13,15-17H,3-4,8-9H2,1-2H3. The molecule has 2 bridgehead atoms. The van der Waals surface area contributed by atoms with E-state index in [9.17, 15) is 0 Å². The monoisotopic (exact) mass is 230 g/mol. The smallest absolute Gasteiger partial charge is 0.0347 e. The van der Waals surface area contributed by atoms with Gasteiger partial charge in [0.2, 0.25) is 0 Å². The Balaban J connectivity index is 1.70. The van der Waals surface area contributed by atoms with Gasteiger partial charge in [0.15, 0.2) is 0 Å². The Labute approximate surface area is 104 Å². The van der Waals surface area contributed by atoms with Crippen molar-refractivity contribution in [3.05, 3.63) is 29.3 Å². The Kier molecular flexibility index (Phi) is 2.83. The first kappa shape index (κ1) is 11.1. The van der Waals surface area contributed by atoms with Crippen molar-refractivity contribution in [1.82, 2.24) is 5.32 Å². The van der Waals surface area contributed by atoms with E-state index in [1.165, 1.54) is 42.5 Å². The fraction of sp³-hybridized carbons (Fsp3) is 0.600. The SMILES string of the molecule is Cc1cc(C)cc(NC2CC3CCC(C2)N3)c1. The average molecular weight is 230 g/mol. The van der Waals surface area contributed by atoms with Gasteiger partial charge in [0.25, 0.3) is 0 Å². The normalized spacial score (nSPS) is 31.5. The van der Waals surface area contributed by atoms with Crippen molar-refractivity contribution in [2.45, 2.75) is 57.7 Å². The van der Waals surface area contributed by atoms with Crippen molar-refractivity contribution in [2.75, 3.05) is 5.32 Å². The number of rotatable bonds is 2. The van der Waals surface area contributed by atoms with Crippen molar-refractivity contribution in [3.63, 3.8) is 0 Å². The minimum Gasteiger partial charge on any atom is -0.382 e. The number of aryl methyl sites for hydroxylation is 2. The number of piperidine rings is 1. The van der Waals surface area contributed by atoms with E-state index in [0.717, 1.165) is 12.1 Å². The highest BCUT2D eigenvalue weighted by Crippen LogP contribution is 2.29. The van der Waals surface area contributed by atoms with E-state index in [2.05, 4.69) is 42.7 Å². The minimum atomic E-state index is 0.662. The topological polar surface area (TPSA) is 24.1 Å². The van der Waals surface area contributed by atoms with E-state index in [-0.39, 0.29) is 0 Å². The van der Waals surface area contributed by atoms with E-state index in [4.69, 9.17) is 0 Å². The number of hydrogen-bond donors (Lipinski definition) is 2. The number of hydrogen-bond acceptors (Lipinski definition) is 2. The molecule has 0 saturated carbocycles. The van der Waals surface area contributed by atoms with Crippen molar-refractivity contribution >= 4 is 5.69 Å². The molecule has 2 nitrogen and oxygen atoms in total. The largest absolute Gasteiger partial charge is 0.382 e. The van der Waals surface area contributed by atoms with Crippen LogP contribution in [0.3, 0.4) is 0 Å². The molecule has 2 N–H and O–H groups in total. The van der Waals surface area contributed by atoms with Gasteiger partial charge in [-0.15, -0.1) is 0 Å². The molecule has 2 atom stereocenters. The number of nitrogens with one attached hydrogen (secondary N) is 2. The van der Waals surface area contributed by atoms with E-state index in [1.807, 2.05) is 0 Å². The molecule has 1 aromatic rings. The first-order chi connectivity index (χ1) is 8.19. The quantitative estimate of drug-likeness (QED) is 0.816. The molecule has 2 aliphatic heterocycles. The number of fused-ring (bicyclic) bond motifs is 2. The van der Waals surface area contributed by atoms with Gasteiger partial charge in [-0.05, 0) is 62.8 Å². The molecule has 3 rings (SSSR count). The molecule has 1 aromatic carbocycles. The molecule has 2 heterocycles. The zero-order valence-electron chi connectivity index (χ0n) is 10.8. The molecule has 2 fully saturated rings. The van der Waals surface area contributed by atoms with Gasteiger partial charge >= 0.3 is 0 Å². The fourth-order valence-electron chi connectivity index (χ4n) is 3.47. The summed E-state index contributed by atoms with van der Waals surface area (Å²) in [4.78, 5) is 0. The Morgan fingerprint density at radius 1 is 1.00 bits per heavy atom. The van der Waals surface area contributed by atoms with Gasteiger partial charge in [-0.3, -0.25) is 0 Å². The van der Waals surface area contributed by atoms with Crippen LogP contribution in [0, 0.1) is 13.8 Å². The summed E-state index contributed by atoms with van der Waals surface area (Å²) in [6.07, 6.45) is 5.30. The van der Waals surface area contributed by atoms with E-state index >= 15 is 0 Å². The molecule has 0 radical (unpaired) electrons. The molecule has 17 heavy (non-hydrogen) atoms. The van der Waals surface area contributed by atoms with Crippen LogP contribution < -0.4 is 10.6 Å². The highest BCUT2D eigenvalue weighted by atomic mass is 15.0. The molecule has 0 amide bonds. The van der Waals surface area contributed by atoms with Crippen molar-refractivity contribution in [2.24, 2.45) is 0 Å². The molecule has 0 spiro atoms. The predicted octanol–water partition coefficient (Wildman–Crippen LogP) is 3.00. The summed E-state index contributed by atoms with van der Waals surface area (Å²) in [6, 6.07) is 8.94. The van der Waals surface area contributed by atoms with Crippen LogP contribution in [0.15, 0.2) is 18.2 Å². The highest BCUT2D eigenvalue weighted by Gasteiger charge is 2.33. The van der Waals surface area contributed by atoms with Crippen LogP contribution in [0.4, 0.5) is 5.69 Å². The molecular weight excluding hydrogens is 208 g/mol. The minimum absolute atomic E-state index is 0.662. The molecule has 92 valence electrons. The third-order valence-electron chi connectivity index (χ3n) is 4.07. The maximum atomic E-state index is 3.72. The molecule has 2 saturated heterocycles. The Bertz CT molecular complexity index is 381. The van der Waals surface area contributed by atoms with E-state index < -0.39 is 0 Å². The molecule has 2 aliphatic rings. The lowest BCUT2D eigenvalue weighted by atomic mass is 9.99. The zero-order valence-corrected chi connectivity index (χ0v) is 10.8. The first-order valence-corrected chi connectivity index (χ1v) is 6.80. The summed E-state index contributed by atoms with van der Waals surface area (Å²) < 4.78 is 0. The highest BCUT2D eigenvalue weighted by molar-refractivity contribution is 5.49. The summed E-state index contributed by atoms with van der Waals surface area (Å²) in [5, 5.41) is 7.41. The van der Waals surface area contributed by atoms with Gasteiger partial charge in [-0.25, -0.2) is 0 Å². The summed E-state index contributed by atoms with van der Waals surface area (Å²) in [5.74, 6) is 0. The molecular formula is C15H22N2. The Morgan fingerprint density at radius 2 is 1.59 bits per heavy atom. The number of anilines is 1. The fourth-order valence-corrected chi connectivity index (χ4v) is 3.47. The van der Waals surface area contributed by atoms with Gasteiger partial charge in [0.05, 0.1) is 0 Å². The Morgan fingerprint density at radius 3 is 2.18 bits per heavy atom. The van der Waals surface area contributed by atoms with Crippen LogP contribution in [-0.4, -0.2) is 18.1 Å². The lowest BCUT2D eigenvalue weighted by Gasteiger charge is -2.30. The maximum Gasteiger partial charge on any atom is 0.0347 e. The van der Waals surface area contributed by atoms with Gasteiger partial charge in [-0.2, -0.15) is 0 Å². The second-order valence-electron chi connectivity index (χ2n) is 5.83. The van der Waals surface area contributed by atoms with Gasteiger partial charge in [-0.1, -0.05) is 6.07 Å². The summed E-state index contributed by atoms with van der Waals surface area (Å²) in [7, 11) is 0. The van der Waals surface area contributed by atoms with Crippen molar-refractivity contribution < 1.29 is 0 Å². The van der Waals surface area contributed by atoms with Crippen LogP contribution in [-0.2, 0) is 0 Å². The molecule has 0 aliphatic carbocycles. The van der Waals surface area contributed by atoms with Crippen LogP contribution in [0.1, 0.15) is 36.8 Å². The van der Waals surface area contributed by atoms with E-state index in [0.29, 0.717) is 6.04 Å². The van der Waals surface area contributed by atoms with Gasteiger partial charge in [0.1, 0.15) is 0 Å². The predicted molar refractivity (Wildman–Crippen MR) is 72.5 cm³/mol. The zero-order chi connectivity index (χ0) is 11.8. The molecule has 2 unspecified atom stereocenters. The van der Waals surface area contributed by atoms with Crippen LogP contribution in [0.2, 0.25) is 0 Å². The third-order valence-corrected chi connectivity index (χ3v) is 4.07. The third kappa shape index (κ3) is 2.47. The number of benzene rings is 1. The molecule has 2 heteroatoms. The summed E-state index contributed by atoms with van der Waals surface area (Å²) >= 11 is 0.